The highest BCUT2D eigenvalue weighted by Gasteiger charge is 2.39. The molecule has 1 atom stereocenters. The van der Waals surface area contributed by atoms with Gasteiger partial charge >= 0.3 is 0 Å². The third-order valence-electron chi connectivity index (χ3n) is 5.19. The van der Waals surface area contributed by atoms with Gasteiger partial charge in [0, 0.05) is 23.5 Å². The molecule has 2 aromatic rings. The van der Waals surface area contributed by atoms with E-state index in [9.17, 15) is 4.79 Å². The summed E-state index contributed by atoms with van der Waals surface area (Å²) in [4.78, 5) is 23.0. The molecular formula is C17H20N4O. The maximum Gasteiger partial charge on any atom is 0.254 e. The molecule has 1 aromatic heterocycles. The van der Waals surface area contributed by atoms with Gasteiger partial charge in [-0.15, -0.1) is 0 Å². The average Bonchev–Trinajstić information content (AvgIpc) is 2.99. The molecule has 1 amide bonds. The first-order chi connectivity index (χ1) is 10.7. The highest BCUT2D eigenvalue weighted by Crippen LogP contribution is 2.37. The van der Waals surface area contributed by atoms with Crippen LogP contribution >= 0.6 is 0 Å². The van der Waals surface area contributed by atoms with Crippen molar-refractivity contribution in [2.75, 3.05) is 12.3 Å². The van der Waals surface area contributed by atoms with Crippen molar-refractivity contribution in [1.82, 2.24) is 14.9 Å². The lowest BCUT2D eigenvalue weighted by Gasteiger charge is -2.44. The van der Waals surface area contributed by atoms with E-state index in [1.165, 1.54) is 32.0 Å². The second-order valence-corrected chi connectivity index (χ2v) is 6.39. The summed E-state index contributed by atoms with van der Waals surface area (Å²) < 4.78 is 0. The van der Waals surface area contributed by atoms with Crippen LogP contribution < -0.4 is 5.73 Å². The Balaban J connectivity index is 1.60. The molecule has 1 saturated heterocycles. The van der Waals surface area contributed by atoms with Crippen LogP contribution in [0.15, 0.2) is 24.5 Å². The van der Waals surface area contributed by atoms with Gasteiger partial charge in [0.15, 0.2) is 0 Å². The summed E-state index contributed by atoms with van der Waals surface area (Å²) >= 11 is 0. The van der Waals surface area contributed by atoms with E-state index in [-0.39, 0.29) is 5.91 Å². The second-order valence-electron chi connectivity index (χ2n) is 6.39. The molecular weight excluding hydrogens is 276 g/mol. The smallest absolute Gasteiger partial charge is 0.254 e. The fraction of sp³-hybridized carbons (Fsp3) is 0.471. The molecule has 0 spiro atoms. The number of fused-ring (bicyclic) bond motifs is 1. The van der Waals surface area contributed by atoms with Gasteiger partial charge in [0.1, 0.15) is 12.1 Å². The molecule has 22 heavy (non-hydrogen) atoms. The number of amides is 1. The van der Waals surface area contributed by atoms with Crippen molar-refractivity contribution in [2.24, 2.45) is 5.92 Å². The predicted molar refractivity (Wildman–Crippen MR) is 85.3 cm³/mol. The Morgan fingerprint density at radius 1 is 1.18 bits per heavy atom. The molecule has 1 aromatic carbocycles. The van der Waals surface area contributed by atoms with E-state index < -0.39 is 0 Å². The van der Waals surface area contributed by atoms with Crippen LogP contribution in [-0.4, -0.2) is 33.4 Å². The summed E-state index contributed by atoms with van der Waals surface area (Å²) in [5.41, 5.74) is 7.27. The van der Waals surface area contributed by atoms with Gasteiger partial charge in [-0.05, 0) is 43.4 Å². The van der Waals surface area contributed by atoms with Crippen LogP contribution in [0.2, 0.25) is 0 Å². The maximum atomic E-state index is 12.8. The van der Waals surface area contributed by atoms with E-state index in [1.807, 2.05) is 23.1 Å². The Bertz CT molecular complexity index is 724. The van der Waals surface area contributed by atoms with Gasteiger partial charge in [0.05, 0.1) is 5.52 Å². The third-order valence-corrected chi connectivity index (χ3v) is 5.19. The van der Waals surface area contributed by atoms with Crippen LogP contribution in [0.4, 0.5) is 5.82 Å². The number of hydrogen-bond acceptors (Lipinski definition) is 4. The number of likely N-dealkylation sites (tertiary alicyclic amines) is 1. The van der Waals surface area contributed by atoms with E-state index in [2.05, 4.69) is 9.97 Å². The lowest BCUT2D eigenvalue weighted by atomic mass is 9.87. The number of hydrogen-bond donors (Lipinski definition) is 1. The van der Waals surface area contributed by atoms with Crippen LogP contribution in [0.1, 0.15) is 42.5 Å². The molecule has 1 saturated carbocycles. The van der Waals surface area contributed by atoms with Crippen molar-refractivity contribution in [3.63, 3.8) is 0 Å². The van der Waals surface area contributed by atoms with E-state index in [0.717, 1.165) is 23.9 Å². The van der Waals surface area contributed by atoms with E-state index in [0.29, 0.717) is 23.3 Å². The molecule has 0 bridgehead atoms. The molecule has 1 unspecified atom stereocenters. The number of aromatic nitrogens is 2. The fourth-order valence-corrected chi connectivity index (χ4v) is 3.87. The molecule has 4 rings (SSSR count). The molecule has 1 aliphatic heterocycles. The zero-order valence-electron chi connectivity index (χ0n) is 12.5. The first kappa shape index (κ1) is 13.5. The lowest BCUT2D eigenvalue weighted by molar-refractivity contribution is 0.0308. The number of benzene rings is 1. The molecule has 2 aliphatic rings. The standard InChI is InChI=1S/C17H20N4O/c18-16-13-6-5-12(9-14(13)19-10-20-16)17(22)21-8-7-15(21)11-3-1-2-4-11/h5-6,9-11,15H,1-4,7-8H2,(H2,18,19,20). The van der Waals surface area contributed by atoms with Crippen molar-refractivity contribution in [3.05, 3.63) is 30.1 Å². The van der Waals surface area contributed by atoms with Gasteiger partial charge in [-0.25, -0.2) is 9.97 Å². The Morgan fingerprint density at radius 3 is 2.73 bits per heavy atom. The predicted octanol–water partition coefficient (Wildman–Crippen LogP) is 2.62. The highest BCUT2D eigenvalue weighted by molar-refractivity contribution is 5.99. The van der Waals surface area contributed by atoms with Gasteiger partial charge in [0.2, 0.25) is 0 Å². The van der Waals surface area contributed by atoms with Crippen molar-refractivity contribution in [3.8, 4) is 0 Å². The van der Waals surface area contributed by atoms with Crippen LogP contribution in [-0.2, 0) is 0 Å². The van der Waals surface area contributed by atoms with Crippen LogP contribution in [0, 0.1) is 5.92 Å². The van der Waals surface area contributed by atoms with Gasteiger partial charge in [-0.3, -0.25) is 4.79 Å². The largest absolute Gasteiger partial charge is 0.383 e. The van der Waals surface area contributed by atoms with Crippen molar-refractivity contribution >= 4 is 22.6 Å². The Hall–Kier alpha value is -2.17. The van der Waals surface area contributed by atoms with Crippen molar-refractivity contribution < 1.29 is 4.79 Å². The average molecular weight is 296 g/mol. The molecule has 0 radical (unpaired) electrons. The van der Waals surface area contributed by atoms with Gasteiger partial charge in [-0.2, -0.15) is 0 Å². The second kappa shape index (κ2) is 5.23. The Labute approximate surface area is 129 Å². The molecule has 114 valence electrons. The number of carbonyl (C=O) groups excluding carboxylic acids is 1. The number of nitrogen functional groups attached to an aromatic ring is 1. The normalized spacial score (nSPS) is 22.0. The third kappa shape index (κ3) is 2.12. The van der Waals surface area contributed by atoms with Gasteiger partial charge in [0.25, 0.3) is 5.91 Å². The summed E-state index contributed by atoms with van der Waals surface area (Å²) in [5.74, 6) is 1.29. The molecule has 2 fully saturated rings. The van der Waals surface area contributed by atoms with Gasteiger partial charge in [-0.1, -0.05) is 12.8 Å². The molecule has 5 heteroatoms. The minimum atomic E-state index is 0.127. The van der Waals surface area contributed by atoms with Crippen LogP contribution in [0.5, 0.6) is 0 Å². The molecule has 5 nitrogen and oxygen atoms in total. The van der Waals surface area contributed by atoms with E-state index in [4.69, 9.17) is 5.73 Å². The zero-order valence-corrected chi connectivity index (χ0v) is 12.5. The number of nitrogens with zero attached hydrogens (tertiary/aromatic N) is 3. The topological polar surface area (TPSA) is 72.1 Å². The van der Waals surface area contributed by atoms with Crippen molar-refractivity contribution in [1.29, 1.82) is 0 Å². The molecule has 2 heterocycles. The lowest BCUT2D eigenvalue weighted by Crippen LogP contribution is -2.54. The fourth-order valence-electron chi connectivity index (χ4n) is 3.87. The molecule has 1 aliphatic carbocycles. The van der Waals surface area contributed by atoms with E-state index in [1.54, 1.807) is 0 Å². The maximum absolute atomic E-state index is 12.8. The number of carbonyl (C=O) groups is 1. The highest BCUT2D eigenvalue weighted by atomic mass is 16.2. The summed E-state index contributed by atoms with van der Waals surface area (Å²) in [6.07, 6.45) is 7.77. The monoisotopic (exact) mass is 296 g/mol. The summed E-state index contributed by atoms with van der Waals surface area (Å²) in [7, 11) is 0. The SMILES string of the molecule is Nc1ncnc2cc(C(=O)N3CCC3C3CCCC3)ccc12. The minimum absolute atomic E-state index is 0.127. The number of rotatable bonds is 2. The van der Waals surface area contributed by atoms with Crippen LogP contribution in [0.25, 0.3) is 10.9 Å². The van der Waals surface area contributed by atoms with Crippen LogP contribution in [0.3, 0.4) is 0 Å². The van der Waals surface area contributed by atoms with Gasteiger partial charge < -0.3 is 10.6 Å². The first-order valence-electron chi connectivity index (χ1n) is 8.05. The number of nitrogens with two attached hydrogens (primary N) is 1. The summed E-state index contributed by atoms with van der Waals surface area (Å²) in [6, 6.07) is 5.97. The van der Waals surface area contributed by atoms with E-state index >= 15 is 0 Å². The Morgan fingerprint density at radius 2 is 2.00 bits per heavy atom. The Kier molecular flexibility index (Phi) is 3.21. The number of anilines is 1. The zero-order chi connectivity index (χ0) is 15.1. The molecule has 2 N–H and O–H groups in total. The quantitative estimate of drug-likeness (QED) is 0.924. The first-order valence-corrected chi connectivity index (χ1v) is 8.05. The minimum Gasteiger partial charge on any atom is -0.383 e. The summed E-state index contributed by atoms with van der Waals surface area (Å²) in [5, 5.41) is 0.801. The van der Waals surface area contributed by atoms with Crippen molar-refractivity contribution in [2.45, 2.75) is 38.1 Å². The summed E-state index contributed by atoms with van der Waals surface area (Å²) in [6.45, 7) is 0.879.